The Morgan fingerprint density at radius 1 is 1.27 bits per heavy atom. The number of piperazine rings is 1. The van der Waals surface area contributed by atoms with Gasteiger partial charge in [-0.25, -0.2) is 4.79 Å². The number of amides is 1. The third-order valence-electron chi connectivity index (χ3n) is 4.08. The number of para-hydroxylation sites is 1. The second kappa shape index (κ2) is 10.3. The van der Waals surface area contributed by atoms with Crippen molar-refractivity contribution in [2.45, 2.75) is 13.5 Å². The molecule has 1 saturated heterocycles. The van der Waals surface area contributed by atoms with Crippen LogP contribution < -0.4 is 10.1 Å². The van der Waals surface area contributed by atoms with Gasteiger partial charge in [-0.05, 0) is 13.0 Å². The Balaban J connectivity index is 1.89. The first kappa shape index (κ1) is 19.6. The molecule has 1 heterocycles. The van der Waals surface area contributed by atoms with Crippen molar-refractivity contribution in [2.75, 3.05) is 46.4 Å². The molecule has 1 aliphatic heterocycles. The van der Waals surface area contributed by atoms with Gasteiger partial charge in [-0.3, -0.25) is 4.99 Å². The molecular formula is C19H28N4O3. The average molecular weight is 360 g/mol. The Bertz CT molecular complexity index is 625. The summed E-state index contributed by atoms with van der Waals surface area (Å²) in [5.41, 5.74) is 1.06. The fourth-order valence-corrected chi connectivity index (χ4v) is 2.76. The van der Waals surface area contributed by atoms with Crippen molar-refractivity contribution < 1.29 is 14.3 Å². The first-order chi connectivity index (χ1) is 12.7. The van der Waals surface area contributed by atoms with Crippen LogP contribution >= 0.6 is 0 Å². The van der Waals surface area contributed by atoms with Crippen molar-refractivity contribution in [3.63, 3.8) is 0 Å². The lowest BCUT2D eigenvalue weighted by Gasteiger charge is -2.35. The maximum absolute atomic E-state index is 11.8. The standard InChI is InChI=1S/C19H28N4O3/c1-4-14-26-17-9-7-6-8-16(17)15-21-18(20-3)22-10-12-23(13-11-22)19(24)25-5-2/h4,6-9H,1,5,10-15H2,2-3H3,(H,20,21). The third-order valence-corrected chi connectivity index (χ3v) is 4.08. The number of nitrogens with zero attached hydrogens (tertiary/aromatic N) is 3. The zero-order valence-corrected chi connectivity index (χ0v) is 15.6. The molecule has 1 aliphatic rings. The van der Waals surface area contributed by atoms with Crippen LogP contribution in [0.15, 0.2) is 41.9 Å². The van der Waals surface area contributed by atoms with Gasteiger partial charge in [-0.1, -0.05) is 30.9 Å². The number of carbonyl (C=O) groups excluding carboxylic acids is 1. The highest BCUT2D eigenvalue weighted by Crippen LogP contribution is 2.17. The highest BCUT2D eigenvalue weighted by Gasteiger charge is 2.23. The zero-order valence-electron chi connectivity index (χ0n) is 15.6. The summed E-state index contributed by atoms with van der Waals surface area (Å²) in [6.45, 7) is 9.66. The van der Waals surface area contributed by atoms with Crippen molar-refractivity contribution in [1.82, 2.24) is 15.1 Å². The van der Waals surface area contributed by atoms with Crippen LogP contribution in [0, 0.1) is 0 Å². The van der Waals surface area contributed by atoms with Crippen LogP contribution in [-0.4, -0.2) is 68.3 Å². The van der Waals surface area contributed by atoms with E-state index in [0.717, 1.165) is 17.3 Å². The maximum atomic E-state index is 11.8. The monoisotopic (exact) mass is 360 g/mol. The molecule has 1 aromatic carbocycles. The Labute approximate surface area is 155 Å². The molecule has 0 bridgehead atoms. The van der Waals surface area contributed by atoms with Gasteiger partial charge < -0.3 is 24.6 Å². The number of guanidine groups is 1. The average Bonchev–Trinajstić information content (AvgIpc) is 2.68. The SMILES string of the molecule is C=CCOc1ccccc1CNC(=NC)N1CCN(C(=O)OCC)CC1. The molecule has 0 spiro atoms. The highest BCUT2D eigenvalue weighted by molar-refractivity contribution is 5.80. The molecule has 0 saturated carbocycles. The van der Waals surface area contributed by atoms with Gasteiger partial charge in [0.15, 0.2) is 5.96 Å². The van der Waals surface area contributed by atoms with E-state index in [4.69, 9.17) is 9.47 Å². The van der Waals surface area contributed by atoms with Gasteiger partial charge in [-0.15, -0.1) is 0 Å². The van der Waals surface area contributed by atoms with Crippen molar-refractivity contribution in [1.29, 1.82) is 0 Å². The molecule has 1 amide bonds. The number of benzene rings is 1. The molecular weight excluding hydrogens is 332 g/mol. The van der Waals surface area contributed by atoms with E-state index in [2.05, 4.69) is 21.8 Å². The lowest BCUT2D eigenvalue weighted by molar-refractivity contribution is 0.0914. The molecule has 2 rings (SSSR count). The molecule has 1 fully saturated rings. The fraction of sp³-hybridized carbons (Fsp3) is 0.474. The summed E-state index contributed by atoms with van der Waals surface area (Å²) < 4.78 is 10.7. The van der Waals surface area contributed by atoms with Crippen LogP contribution in [0.1, 0.15) is 12.5 Å². The minimum atomic E-state index is -0.247. The van der Waals surface area contributed by atoms with Gasteiger partial charge in [0, 0.05) is 45.3 Å². The molecule has 0 aromatic heterocycles. The number of hydrogen-bond donors (Lipinski definition) is 1. The highest BCUT2D eigenvalue weighted by atomic mass is 16.6. The predicted octanol–water partition coefficient (Wildman–Crippen LogP) is 2.10. The van der Waals surface area contributed by atoms with Crippen LogP contribution in [-0.2, 0) is 11.3 Å². The van der Waals surface area contributed by atoms with E-state index in [0.29, 0.717) is 45.9 Å². The molecule has 142 valence electrons. The topological polar surface area (TPSA) is 66.4 Å². The van der Waals surface area contributed by atoms with Crippen LogP contribution in [0.3, 0.4) is 0 Å². The number of carbonyl (C=O) groups is 1. The molecule has 1 N–H and O–H groups in total. The number of ether oxygens (including phenoxy) is 2. The Morgan fingerprint density at radius 2 is 1.96 bits per heavy atom. The summed E-state index contributed by atoms with van der Waals surface area (Å²) in [4.78, 5) is 20.0. The molecule has 26 heavy (non-hydrogen) atoms. The molecule has 7 nitrogen and oxygen atoms in total. The van der Waals surface area contributed by atoms with Crippen LogP contribution in [0.4, 0.5) is 4.79 Å². The molecule has 0 aliphatic carbocycles. The van der Waals surface area contributed by atoms with Gasteiger partial charge in [0.25, 0.3) is 0 Å². The summed E-state index contributed by atoms with van der Waals surface area (Å²) in [6, 6.07) is 7.91. The molecule has 1 aromatic rings. The Kier molecular flexibility index (Phi) is 7.79. The predicted molar refractivity (Wildman–Crippen MR) is 103 cm³/mol. The summed E-state index contributed by atoms with van der Waals surface area (Å²) in [5, 5.41) is 3.38. The number of rotatable bonds is 6. The maximum Gasteiger partial charge on any atom is 0.409 e. The molecule has 0 radical (unpaired) electrons. The summed E-state index contributed by atoms with van der Waals surface area (Å²) in [6.07, 6.45) is 1.48. The minimum absolute atomic E-state index is 0.247. The Hall–Kier alpha value is -2.70. The molecule has 7 heteroatoms. The Morgan fingerprint density at radius 3 is 2.62 bits per heavy atom. The quantitative estimate of drug-likeness (QED) is 0.478. The normalized spacial score (nSPS) is 14.8. The van der Waals surface area contributed by atoms with E-state index < -0.39 is 0 Å². The lowest BCUT2D eigenvalue weighted by atomic mass is 10.2. The summed E-state index contributed by atoms with van der Waals surface area (Å²) in [7, 11) is 1.76. The van der Waals surface area contributed by atoms with Crippen molar-refractivity contribution >= 4 is 12.1 Å². The van der Waals surface area contributed by atoms with Gasteiger partial charge in [-0.2, -0.15) is 0 Å². The fourth-order valence-electron chi connectivity index (χ4n) is 2.76. The van der Waals surface area contributed by atoms with Gasteiger partial charge in [0.1, 0.15) is 12.4 Å². The van der Waals surface area contributed by atoms with E-state index in [-0.39, 0.29) is 6.09 Å². The van der Waals surface area contributed by atoms with Crippen LogP contribution in [0.25, 0.3) is 0 Å². The van der Waals surface area contributed by atoms with Crippen molar-refractivity contribution in [2.24, 2.45) is 4.99 Å². The number of nitrogens with one attached hydrogen (secondary N) is 1. The summed E-state index contributed by atoms with van der Waals surface area (Å²) in [5.74, 6) is 1.65. The van der Waals surface area contributed by atoms with E-state index in [9.17, 15) is 4.79 Å². The zero-order chi connectivity index (χ0) is 18.8. The summed E-state index contributed by atoms with van der Waals surface area (Å²) >= 11 is 0. The molecule has 0 unspecified atom stereocenters. The van der Waals surface area contributed by atoms with Gasteiger partial charge in [0.2, 0.25) is 0 Å². The second-order valence-corrected chi connectivity index (χ2v) is 5.78. The van der Waals surface area contributed by atoms with Gasteiger partial charge in [0.05, 0.1) is 6.61 Å². The second-order valence-electron chi connectivity index (χ2n) is 5.78. The number of hydrogen-bond acceptors (Lipinski definition) is 4. The first-order valence-electron chi connectivity index (χ1n) is 8.88. The van der Waals surface area contributed by atoms with Crippen molar-refractivity contribution in [3.8, 4) is 5.75 Å². The number of aliphatic imine (C=N–C) groups is 1. The van der Waals surface area contributed by atoms with E-state index in [1.807, 2.05) is 31.2 Å². The smallest absolute Gasteiger partial charge is 0.409 e. The largest absolute Gasteiger partial charge is 0.489 e. The molecule has 0 atom stereocenters. The van der Waals surface area contributed by atoms with Crippen LogP contribution in [0.2, 0.25) is 0 Å². The van der Waals surface area contributed by atoms with E-state index in [1.54, 1.807) is 18.0 Å². The minimum Gasteiger partial charge on any atom is -0.489 e. The van der Waals surface area contributed by atoms with E-state index in [1.165, 1.54) is 0 Å². The van der Waals surface area contributed by atoms with E-state index >= 15 is 0 Å². The first-order valence-corrected chi connectivity index (χ1v) is 8.88. The van der Waals surface area contributed by atoms with Crippen molar-refractivity contribution in [3.05, 3.63) is 42.5 Å². The third kappa shape index (κ3) is 5.40. The lowest BCUT2D eigenvalue weighted by Crippen LogP contribution is -2.53. The van der Waals surface area contributed by atoms with Gasteiger partial charge >= 0.3 is 6.09 Å². The van der Waals surface area contributed by atoms with Crippen LogP contribution in [0.5, 0.6) is 5.75 Å².